The Morgan fingerprint density at radius 3 is 2.47 bits per heavy atom. The first kappa shape index (κ1) is 15.4. The van der Waals surface area contributed by atoms with Gasteiger partial charge in [0.15, 0.2) is 0 Å². The van der Waals surface area contributed by atoms with Gasteiger partial charge < -0.3 is 4.74 Å². The number of hydrogen-bond acceptors (Lipinski definition) is 5. The average molecular weight is 284 g/mol. The lowest BCUT2D eigenvalue weighted by atomic mass is 10.2. The fourth-order valence-corrected chi connectivity index (χ4v) is 2.17. The van der Waals surface area contributed by atoms with Crippen LogP contribution in [0.5, 0.6) is 0 Å². The van der Waals surface area contributed by atoms with Gasteiger partial charge in [-0.1, -0.05) is 24.3 Å². The molecular formula is C13H16O5S. The van der Waals surface area contributed by atoms with Crippen molar-refractivity contribution in [3.63, 3.8) is 0 Å². The van der Waals surface area contributed by atoms with Crippen molar-refractivity contribution in [3.05, 3.63) is 42.5 Å². The first-order valence-corrected chi connectivity index (χ1v) is 7.12. The minimum absolute atomic E-state index is 0.0410. The SMILES string of the molecule is C=CC(=O)OCCCOS(=O)(=O)c1ccc(C)cc1. The van der Waals surface area contributed by atoms with Gasteiger partial charge in [-0.3, -0.25) is 4.18 Å². The zero-order valence-electron chi connectivity index (χ0n) is 10.7. The zero-order chi connectivity index (χ0) is 14.3. The average Bonchev–Trinajstić information content (AvgIpc) is 2.38. The van der Waals surface area contributed by atoms with Gasteiger partial charge in [-0.25, -0.2) is 4.79 Å². The number of rotatable bonds is 7. The van der Waals surface area contributed by atoms with Gasteiger partial charge in [0.05, 0.1) is 18.1 Å². The van der Waals surface area contributed by atoms with E-state index in [1.165, 1.54) is 12.1 Å². The van der Waals surface area contributed by atoms with E-state index in [4.69, 9.17) is 8.92 Å². The molecule has 0 saturated heterocycles. The molecule has 0 aromatic heterocycles. The monoisotopic (exact) mass is 284 g/mol. The molecule has 0 saturated carbocycles. The highest BCUT2D eigenvalue weighted by Crippen LogP contribution is 2.13. The first-order chi connectivity index (χ1) is 8.95. The molecule has 0 atom stereocenters. The summed E-state index contributed by atoms with van der Waals surface area (Å²) in [5.41, 5.74) is 0.968. The van der Waals surface area contributed by atoms with E-state index in [-0.39, 0.29) is 18.1 Å². The fraction of sp³-hybridized carbons (Fsp3) is 0.308. The number of aryl methyl sites for hydroxylation is 1. The summed E-state index contributed by atoms with van der Waals surface area (Å²) in [4.78, 5) is 10.8. The Bertz CT molecular complexity index is 531. The molecule has 0 radical (unpaired) electrons. The van der Waals surface area contributed by atoms with Gasteiger partial charge >= 0.3 is 5.97 Å². The van der Waals surface area contributed by atoms with Gasteiger partial charge in [0.2, 0.25) is 0 Å². The fourth-order valence-electron chi connectivity index (χ4n) is 1.23. The molecule has 19 heavy (non-hydrogen) atoms. The van der Waals surface area contributed by atoms with Crippen LogP contribution in [0.3, 0.4) is 0 Å². The minimum Gasteiger partial charge on any atom is -0.462 e. The molecule has 1 aromatic carbocycles. The van der Waals surface area contributed by atoms with E-state index in [1.807, 2.05) is 6.92 Å². The van der Waals surface area contributed by atoms with Crippen molar-refractivity contribution >= 4 is 16.1 Å². The van der Waals surface area contributed by atoms with Crippen LogP contribution in [0, 0.1) is 6.92 Å². The van der Waals surface area contributed by atoms with Crippen LogP contribution in [-0.2, 0) is 23.8 Å². The Kier molecular flexibility index (Phi) is 5.72. The van der Waals surface area contributed by atoms with E-state index in [1.54, 1.807) is 12.1 Å². The van der Waals surface area contributed by atoms with E-state index in [2.05, 4.69) is 6.58 Å². The Hall–Kier alpha value is -1.66. The Morgan fingerprint density at radius 1 is 1.26 bits per heavy atom. The summed E-state index contributed by atoms with van der Waals surface area (Å²) in [6.07, 6.45) is 1.34. The highest BCUT2D eigenvalue weighted by atomic mass is 32.2. The van der Waals surface area contributed by atoms with Crippen molar-refractivity contribution in [3.8, 4) is 0 Å². The van der Waals surface area contributed by atoms with Crippen molar-refractivity contribution in [2.45, 2.75) is 18.2 Å². The number of ether oxygens (including phenoxy) is 1. The maximum Gasteiger partial charge on any atom is 0.330 e. The van der Waals surface area contributed by atoms with Crippen molar-refractivity contribution in [1.29, 1.82) is 0 Å². The third kappa shape index (κ3) is 5.23. The smallest absolute Gasteiger partial charge is 0.330 e. The molecule has 5 nitrogen and oxygen atoms in total. The molecule has 0 heterocycles. The number of carbonyl (C=O) groups excluding carboxylic acids is 1. The summed E-state index contributed by atoms with van der Waals surface area (Å²) in [5, 5.41) is 0. The van der Waals surface area contributed by atoms with Gasteiger partial charge in [-0.15, -0.1) is 0 Å². The first-order valence-electron chi connectivity index (χ1n) is 5.71. The van der Waals surface area contributed by atoms with Crippen LogP contribution in [0.1, 0.15) is 12.0 Å². The predicted molar refractivity (Wildman–Crippen MR) is 70.1 cm³/mol. The van der Waals surface area contributed by atoms with Crippen LogP contribution < -0.4 is 0 Å². The molecule has 0 bridgehead atoms. The molecule has 6 heteroatoms. The molecule has 0 spiro atoms. The van der Waals surface area contributed by atoms with Gasteiger partial charge in [0.1, 0.15) is 0 Å². The van der Waals surface area contributed by atoms with Crippen LogP contribution >= 0.6 is 0 Å². The lowest BCUT2D eigenvalue weighted by Crippen LogP contribution is -2.10. The number of esters is 1. The molecule has 1 rings (SSSR count). The molecule has 0 aliphatic carbocycles. The van der Waals surface area contributed by atoms with Gasteiger partial charge in [-0.05, 0) is 19.1 Å². The molecular weight excluding hydrogens is 268 g/mol. The molecule has 104 valence electrons. The number of carbonyl (C=O) groups is 1. The minimum atomic E-state index is -3.74. The lowest BCUT2D eigenvalue weighted by Gasteiger charge is -2.06. The standard InChI is InChI=1S/C13H16O5S/c1-3-13(14)17-9-4-10-18-19(15,16)12-7-5-11(2)6-8-12/h3,5-8H,1,4,9-10H2,2H3. The van der Waals surface area contributed by atoms with Crippen molar-refractivity contribution in [1.82, 2.24) is 0 Å². The van der Waals surface area contributed by atoms with Crippen LogP contribution in [0.4, 0.5) is 0 Å². The van der Waals surface area contributed by atoms with E-state index in [0.29, 0.717) is 6.42 Å². The number of hydrogen-bond donors (Lipinski definition) is 0. The highest BCUT2D eigenvalue weighted by molar-refractivity contribution is 7.86. The van der Waals surface area contributed by atoms with Crippen LogP contribution in [0.15, 0.2) is 41.8 Å². The quantitative estimate of drug-likeness (QED) is 0.330. The molecule has 0 unspecified atom stereocenters. The van der Waals surface area contributed by atoms with Gasteiger partial charge in [0.25, 0.3) is 10.1 Å². The second kappa shape index (κ2) is 7.06. The summed E-state index contributed by atoms with van der Waals surface area (Å²) in [7, 11) is -3.74. The molecule has 1 aromatic rings. The third-order valence-corrected chi connectivity index (χ3v) is 3.57. The van der Waals surface area contributed by atoms with E-state index in [0.717, 1.165) is 11.6 Å². The largest absolute Gasteiger partial charge is 0.462 e. The summed E-state index contributed by atoms with van der Waals surface area (Å²) in [6.45, 7) is 5.16. The lowest BCUT2D eigenvalue weighted by molar-refractivity contribution is -0.137. The van der Waals surface area contributed by atoms with E-state index < -0.39 is 16.1 Å². The molecule has 0 aliphatic heterocycles. The summed E-state index contributed by atoms with van der Waals surface area (Å²) < 4.78 is 33.0. The molecule has 0 fully saturated rings. The third-order valence-electron chi connectivity index (χ3n) is 2.25. The van der Waals surface area contributed by atoms with Crippen molar-refractivity contribution in [2.75, 3.05) is 13.2 Å². The van der Waals surface area contributed by atoms with Crippen LogP contribution in [0.2, 0.25) is 0 Å². The van der Waals surface area contributed by atoms with Crippen LogP contribution in [-0.4, -0.2) is 27.6 Å². The van der Waals surface area contributed by atoms with Crippen LogP contribution in [0.25, 0.3) is 0 Å². The van der Waals surface area contributed by atoms with Crippen molar-refractivity contribution < 1.29 is 22.1 Å². The Labute approximate surface area is 113 Å². The van der Waals surface area contributed by atoms with E-state index >= 15 is 0 Å². The number of benzene rings is 1. The zero-order valence-corrected chi connectivity index (χ0v) is 11.5. The molecule has 0 aliphatic rings. The highest BCUT2D eigenvalue weighted by Gasteiger charge is 2.14. The Morgan fingerprint density at radius 2 is 1.89 bits per heavy atom. The topological polar surface area (TPSA) is 69.7 Å². The van der Waals surface area contributed by atoms with Gasteiger partial charge in [0, 0.05) is 12.5 Å². The Balaban J connectivity index is 2.41. The predicted octanol–water partition coefficient (Wildman–Crippen LogP) is 1.82. The molecule has 0 amide bonds. The second-order valence-electron chi connectivity index (χ2n) is 3.81. The summed E-state index contributed by atoms with van der Waals surface area (Å²) in [5.74, 6) is -0.540. The second-order valence-corrected chi connectivity index (χ2v) is 5.43. The van der Waals surface area contributed by atoms with Gasteiger partial charge in [-0.2, -0.15) is 8.42 Å². The summed E-state index contributed by atoms with van der Waals surface area (Å²) >= 11 is 0. The summed E-state index contributed by atoms with van der Waals surface area (Å²) in [6, 6.07) is 6.37. The molecule has 0 N–H and O–H groups in total. The van der Waals surface area contributed by atoms with E-state index in [9.17, 15) is 13.2 Å². The normalized spacial score (nSPS) is 11.0. The van der Waals surface area contributed by atoms with Crippen molar-refractivity contribution in [2.24, 2.45) is 0 Å². The maximum absolute atomic E-state index is 11.8. The maximum atomic E-state index is 11.8.